The third-order valence-electron chi connectivity index (χ3n) is 2.12. The third kappa shape index (κ3) is 1.40. The maximum Gasteiger partial charge on any atom is 0.121 e. The van der Waals surface area contributed by atoms with E-state index in [1.54, 1.807) is 0 Å². The van der Waals surface area contributed by atoms with Crippen LogP contribution in [0.1, 0.15) is 11.1 Å². The summed E-state index contributed by atoms with van der Waals surface area (Å²) in [4.78, 5) is 3.03. The minimum atomic E-state index is 0.504. The lowest BCUT2D eigenvalue weighted by atomic mass is 10.1. The Kier molecular flexibility index (Phi) is 2.06. The molecular weight excluding hydrogens is 192 g/mol. The highest BCUT2D eigenvalue weighted by Gasteiger charge is 1.98. The molecule has 0 bridgehead atoms. The van der Waals surface area contributed by atoms with Crippen molar-refractivity contribution in [3.05, 3.63) is 40.0 Å². The SMILES string of the molecule is Cc1ccc2[nH]c(=S)c(C#N)cc2c1. The monoisotopic (exact) mass is 200 g/mol. The quantitative estimate of drug-likeness (QED) is 0.664. The summed E-state index contributed by atoms with van der Waals surface area (Å²) in [5, 5.41) is 9.83. The lowest BCUT2D eigenvalue weighted by Crippen LogP contribution is -1.85. The largest absolute Gasteiger partial charge is 0.345 e. The number of nitrogens with one attached hydrogen (secondary N) is 1. The fourth-order valence-electron chi connectivity index (χ4n) is 1.41. The molecule has 2 rings (SSSR count). The van der Waals surface area contributed by atoms with Crippen molar-refractivity contribution in [2.75, 3.05) is 0 Å². The number of rotatable bonds is 0. The molecule has 0 aliphatic rings. The first-order valence-electron chi connectivity index (χ1n) is 4.24. The van der Waals surface area contributed by atoms with E-state index in [-0.39, 0.29) is 0 Å². The second kappa shape index (κ2) is 3.24. The van der Waals surface area contributed by atoms with Crippen LogP contribution in [0.25, 0.3) is 10.9 Å². The van der Waals surface area contributed by atoms with Gasteiger partial charge in [0.2, 0.25) is 0 Å². The van der Waals surface area contributed by atoms with E-state index in [1.165, 1.54) is 5.56 Å². The molecular formula is C11H8N2S. The number of hydrogen-bond donors (Lipinski definition) is 1. The topological polar surface area (TPSA) is 39.6 Å². The molecule has 1 N–H and O–H groups in total. The number of pyridine rings is 1. The van der Waals surface area contributed by atoms with E-state index in [2.05, 4.69) is 11.1 Å². The molecule has 0 aliphatic carbocycles. The summed E-state index contributed by atoms with van der Waals surface area (Å²) in [6, 6.07) is 9.91. The summed E-state index contributed by atoms with van der Waals surface area (Å²) < 4.78 is 0.504. The number of benzene rings is 1. The molecule has 0 unspecified atom stereocenters. The molecule has 14 heavy (non-hydrogen) atoms. The highest BCUT2D eigenvalue weighted by molar-refractivity contribution is 7.71. The van der Waals surface area contributed by atoms with Crippen LogP contribution in [0.4, 0.5) is 0 Å². The molecule has 0 saturated heterocycles. The zero-order chi connectivity index (χ0) is 10.1. The van der Waals surface area contributed by atoms with E-state index in [4.69, 9.17) is 17.5 Å². The third-order valence-corrected chi connectivity index (χ3v) is 2.44. The Balaban J connectivity index is 2.89. The molecule has 0 fully saturated rings. The molecule has 1 heterocycles. The fraction of sp³-hybridized carbons (Fsp3) is 0.0909. The number of aromatic amines is 1. The molecule has 0 aliphatic heterocycles. The van der Waals surface area contributed by atoms with E-state index >= 15 is 0 Å². The Morgan fingerprint density at radius 2 is 2.14 bits per heavy atom. The molecule has 0 saturated carbocycles. The summed E-state index contributed by atoms with van der Waals surface area (Å²) in [5.74, 6) is 0. The van der Waals surface area contributed by atoms with Gasteiger partial charge < -0.3 is 4.98 Å². The standard InChI is InChI=1S/C11H8N2S/c1-7-2-3-10-8(4-7)5-9(6-12)11(14)13-10/h2-5H,1H3,(H,13,14). The molecule has 1 aromatic carbocycles. The van der Waals surface area contributed by atoms with Crippen molar-refractivity contribution in [1.82, 2.24) is 4.98 Å². The van der Waals surface area contributed by atoms with Gasteiger partial charge in [-0.05, 0) is 30.5 Å². The number of aromatic nitrogens is 1. The van der Waals surface area contributed by atoms with Crippen molar-refractivity contribution in [2.24, 2.45) is 0 Å². The molecule has 0 amide bonds. The Morgan fingerprint density at radius 1 is 1.36 bits per heavy atom. The highest BCUT2D eigenvalue weighted by atomic mass is 32.1. The average molecular weight is 200 g/mol. The van der Waals surface area contributed by atoms with Crippen LogP contribution in [0.3, 0.4) is 0 Å². The van der Waals surface area contributed by atoms with Gasteiger partial charge in [-0.1, -0.05) is 23.8 Å². The van der Waals surface area contributed by atoms with Crippen LogP contribution >= 0.6 is 12.2 Å². The van der Waals surface area contributed by atoms with E-state index < -0.39 is 0 Å². The molecule has 1 aromatic heterocycles. The molecule has 68 valence electrons. The van der Waals surface area contributed by atoms with Crippen molar-refractivity contribution in [1.29, 1.82) is 5.26 Å². The summed E-state index contributed by atoms with van der Waals surface area (Å²) >= 11 is 5.03. The maximum atomic E-state index is 8.81. The van der Waals surface area contributed by atoms with Crippen LogP contribution in [0.5, 0.6) is 0 Å². The first-order chi connectivity index (χ1) is 6.70. The Morgan fingerprint density at radius 3 is 2.86 bits per heavy atom. The number of fused-ring (bicyclic) bond motifs is 1. The van der Waals surface area contributed by atoms with Gasteiger partial charge in [0.05, 0.1) is 5.56 Å². The predicted molar refractivity (Wildman–Crippen MR) is 58.6 cm³/mol. The van der Waals surface area contributed by atoms with Gasteiger partial charge in [0.25, 0.3) is 0 Å². The summed E-state index contributed by atoms with van der Waals surface area (Å²) in [6.07, 6.45) is 0. The Bertz CT molecular complexity index is 590. The fourth-order valence-corrected chi connectivity index (χ4v) is 1.62. The molecule has 2 aromatic rings. The Hall–Kier alpha value is -1.66. The molecule has 0 spiro atoms. The second-order valence-electron chi connectivity index (χ2n) is 3.21. The zero-order valence-corrected chi connectivity index (χ0v) is 8.48. The first kappa shape index (κ1) is 8.92. The van der Waals surface area contributed by atoms with Crippen LogP contribution in [-0.4, -0.2) is 4.98 Å². The Labute approximate surface area is 86.8 Å². The van der Waals surface area contributed by atoms with E-state index in [0.717, 1.165) is 10.9 Å². The van der Waals surface area contributed by atoms with Crippen molar-refractivity contribution in [3.8, 4) is 6.07 Å². The number of H-pyrrole nitrogens is 1. The minimum Gasteiger partial charge on any atom is -0.345 e. The van der Waals surface area contributed by atoms with Gasteiger partial charge in [-0.3, -0.25) is 0 Å². The van der Waals surface area contributed by atoms with Gasteiger partial charge in [0.1, 0.15) is 10.7 Å². The number of nitrogens with zero attached hydrogens (tertiary/aromatic N) is 1. The van der Waals surface area contributed by atoms with Crippen LogP contribution in [0, 0.1) is 22.9 Å². The van der Waals surface area contributed by atoms with E-state index in [9.17, 15) is 0 Å². The molecule has 2 nitrogen and oxygen atoms in total. The average Bonchev–Trinajstić information content (AvgIpc) is 2.17. The summed E-state index contributed by atoms with van der Waals surface area (Å²) in [5.41, 5.74) is 2.67. The van der Waals surface area contributed by atoms with E-state index in [0.29, 0.717) is 10.2 Å². The molecule has 3 heteroatoms. The normalized spacial score (nSPS) is 10.0. The minimum absolute atomic E-state index is 0.504. The number of nitriles is 1. The van der Waals surface area contributed by atoms with Crippen molar-refractivity contribution in [3.63, 3.8) is 0 Å². The number of hydrogen-bond acceptors (Lipinski definition) is 2. The number of aryl methyl sites for hydroxylation is 1. The molecule has 0 atom stereocenters. The maximum absolute atomic E-state index is 8.81. The summed E-state index contributed by atoms with van der Waals surface area (Å²) in [6.45, 7) is 2.02. The second-order valence-corrected chi connectivity index (χ2v) is 3.62. The van der Waals surface area contributed by atoms with Gasteiger partial charge in [-0.15, -0.1) is 0 Å². The van der Waals surface area contributed by atoms with Gasteiger partial charge >= 0.3 is 0 Å². The van der Waals surface area contributed by atoms with Crippen molar-refractivity contribution < 1.29 is 0 Å². The van der Waals surface area contributed by atoms with Crippen LogP contribution < -0.4 is 0 Å². The lowest BCUT2D eigenvalue weighted by molar-refractivity contribution is 1.33. The van der Waals surface area contributed by atoms with Gasteiger partial charge in [-0.25, -0.2) is 0 Å². The summed E-state index contributed by atoms with van der Waals surface area (Å²) in [7, 11) is 0. The predicted octanol–water partition coefficient (Wildman–Crippen LogP) is 3.08. The van der Waals surface area contributed by atoms with Crippen LogP contribution in [-0.2, 0) is 0 Å². The zero-order valence-electron chi connectivity index (χ0n) is 7.66. The van der Waals surface area contributed by atoms with E-state index in [1.807, 2.05) is 31.2 Å². The van der Waals surface area contributed by atoms with Crippen molar-refractivity contribution in [2.45, 2.75) is 6.92 Å². The first-order valence-corrected chi connectivity index (χ1v) is 4.65. The van der Waals surface area contributed by atoms with Crippen molar-refractivity contribution >= 4 is 23.1 Å². The lowest BCUT2D eigenvalue weighted by Gasteiger charge is -2.00. The van der Waals surface area contributed by atoms with Gasteiger partial charge in [0.15, 0.2) is 0 Å². The van der Waals surface area contributed by atoms with Crippen LogP contribution in [0.15, 0.2) is 24.3 Å². The smallest absolute Gasteiger partial charge is 0.121 e. The van der Waals surface area contributed by atoms with Gasteiger partial charge in [-0.2, -0.15) is 5.26 Å². The molecule has 0 radical (unpaired) electrons. The van der Waals surface area contributed by atoms with Crippen LogP contribution in [0.2, 0.25) is 0 Å². The highest BCUT2D eigenvalue weighted by Crippen LogP contribution is 2.15. The van der Waals surface area contributed by atoms with Gasteiger partial charge in [0, 0.05) is 5.52 Å².